The lowest BCUT2D eigenvalue weighted by Crippen LogP contribution is -2.50. The first-order valence-corrected chi connectivity index (χ1v) is 17.5. The summed E-state index contributed by atoms with van der Waals surface area (Å²) >= 11 is 0. The van der Waals surface area contributed by atoms with Crippen molar-refractivity contribution in [1.82, 2.24) is 35.1 Å². The van der Waals surface area contributed by atoms with Crippen LogP contribution in [-0.4, -0.2) is 157 Å². The third-order valence-electron chi connectivity index (χ3n) is 9.09. The molecule has 4 aliphatic heterocycles. The Labute approximate surface area is 314 Å². The molecule has 10 amide bonds. The number of amides is 10. The maximum atomic E-state index is 12.8. The maximum Gasteiger partial charge on any atom is 0.303 e. The topological polar surface area (TPSA) is 268 Å². The summed E-state index contributed by atoms with van der Waals surface area (Å²) in [6, 6.07) is -1.84. The van der Waals surface area contributed by atoms with E-state index in [0.29, 0.717) is 0 Å². The number of carbonyl (C=O) groups is 11. The fraction of sp³-hybridized carbons (Fsp3) is 0.457. The number of aliphatic hydroxyl groups excluding tert-OH is 1. The van der Waals surface area contributed by atoms with Gasteiger partial charge < -0.3 is 30.6 Å². The van der Waals surface area contributed by atoms with Gasteiger partial charge in [-0.2, -0.15) is 0 Å². The zero-order valence-electron chi connectivity index (χ0n) is 29.7. The minimum absolute atomic E-state index is 0.0202. The van der Waals surface area contributed by atoms with E-state index in [0.717, 1.165) is 62.1 Å². The second-order valence-electron chi connectivity index (χ2n) is 12.9. The molecule has 0 bridgehead atoms. The van der Waals surface area contributed by atoms with Gasteiger partial charge in [0, 0.05) is 94.5 Å². The van der Waals surface area contributed by atoms with Crippen molar-refractivity contribution in [2.45, 2.75) is 63.3 Å². The van der Waals surface area contributed by atoms with Crippen LogP contribution in [0.15, 0.2) is 48.6 Å². The van der Waals surface area contributed by atoms with Crippen molar-refractivity contribution in [2.75, 3.05) is 39.3 Å². The number of carboxylic acid groups (broad SMARTS) is 1. The fourth-order valence-electron chi connectivity index (χ4n) is 6.24. The van der Waals surface area contributed by atoms with Crippen molar-refractivity contribution in [3.05, 3.63) is 48.6 Å². The number of imide groups is 3. The Morgan fingerprint density at radius 1 is 0.618 bits per heavy atom. The number of carboxylic acids is 1. The van der Waals surface area contributed by atoms with E-state index in [1.54, 1.807) is 0 Å². The predicted molar refractivity (Wildman–Crippen MR) is 185 cm³/mol. The van der Waals surface area contributed by atoms with E-state index in [9.17, 15) is 57.8 Å². The molecule has 0 aromatic carbocycles. The molecule has 3 atom stereocenters. The molecule has 0 spiro atoms. The van der Waals surface area contributed by atoms with Crippen molar-refractivity contribution in [1.29, 1.82) is 0 Å². The van der Waals surface area contributed by atoms with Gasteiger partial charge in [0.2, 0.25) is 23.6 Å². The standard InChI is InChI=1S/C35H41N7O13/c43-24(4-2-22(41-31(50)10-11-32(41)51)20-39-27(46)6-7-28(39)47)36-16-1-18-38(26(45)14-15-35(54)55)19-17-37-25(44)5-3-23(42-33(52)12-13-34(42)53)21-40-29(48)8-9-30(40)49/h6-13,22-23,33,52H,1-5,14-21H2,(H,36,43)(H,37,44)(H,54,55). The highest BCUT2D eigenvalue weighted by atomic mass is 16.4. The maximum absolute atomic E-state index is 12.8. The molecule has 0 fully saturated rings. The number of carbonyl (C=O) groups excluding carboxylic acids is 10. The SMILES string of the molecule is O=C(O)CCC(=O)N(CCCNC(=O)CCC(CN1C(=O)C=CC1=O)N1C(=O)C=CC1=O)CCNC(=O)CCC(CN1C(=O)C=CC1=O)N1C(=O)C=CC1O. The zero-order valence-corrected chi connectivity index (χ0v) is 29.7. The van der Waals surface area contributed by atoms with Gasteiger partial charge >= 0.3 is 5.97 Å². The molecule has 4 heterocycles. The summed E-state index contributed by atoms with van der Waals surface area (Å²) < 4.78 is 0. The Bertz CT molecular complexity index is 1700. The molecular formula is C35H41N7O13. The lowest BCUT2D eigenvalue weighted by Gasteiger charge is -2.33. The minimum Gasteiger partial charge on any atom is -0.481 e. The molecule has 4 rings (SSSR count). The van der Waals surface area contributed by atoms with Gasteiger partial charge in [-0.3, -0.25) is 67.4 Å². The number of nitrogens with zero attached hydrogens (tertiary/aromatic N) is 5. The van der Waals surface area contributed by atoms with Gasteiger partial charge in [-0.15, -0.1) is 0 Å². The van der Waals surface area contributed by atoms with Gasteiger partial charge in [0.1, 0.15) is 6.23 Å². The van der Waals surface area contributed by atoms with Crippen molar-refractivity contribution >= 4 is 65.0 Å². The molecule has 294 valence electrons. The van der Waals surface area contributed by atoms with Gasteiger partial charge in [0.15, 0.2) is 0 Å². The lowest BCUT2D eigenvalue weighted by molar-refractivity contribution is -0.145. The molecular weight excluding hydrogens is 726 g/mol. The van der Waals surface area contributed by atoms with Crippen LogP contribution in [0, 0.1) is 0 Å². The Morgan fingerprint density at radius 3 is 1.62 bits per heavy atom. The monoisotopic (exact) mass is 767 g/mol. The highest BCUT2D eigenvalue weighted by Gasteiger charge is 2.37. The first kappa shape index (κ1) is 41.4. The minimum atomic E-state index is -1.31. The second-order valence-corrected chi connectivity index (χ2v) is 12.9. The molecule has 3 unspecified atom stereocenters. The van der Waals surface area contributed by atoms with Crippen molar-refractivity contribution in [3.8, 4) is 0 Å². The van der Waals surface area contributed by atoms with E-state index in [4.69, 9.17) is 5.11 Å². The Hall–Kier alpha value is -6.31. The number of hydrogen-bond acceptors (Lipinski definition) is 12. The van der Waals surface area contributed by atoms with Crippen LogP contribution in [0.2, 0.25) is 0 Å². The normalized spacial score (nSPS) is 18.7. The number of aliphatic hydroxyl groups is 1. The van der Waals surface area contributed by atoms with Crippen LogP contribution >= 0.6 is 0 Å². The molecule has 0 aromatic rings. The average Bonchev–Trinajstić information content (AvgIpc) is 3.86. The molecule has 20 heteroatoms. The van der Waals surface area contributed by atoms with E-state index < -0.39 is 89.8 Å². The summed E-state index contributed by atoms with van der Waals surface area (Å²) in [5, 5.41) is 24.6. The molecule has 4 N–H and O–H groups in total. The van der Waals surface area contributed by atoms with Crippen LogP contribution in [0.3, 0.4) is 0 Å². The van der Waals surface area contributed by atoms with Crippen LogP contribution in [0.1, 0.15) is 44.9 Å². The molecule has 0 saturated carbocycles. The summed E-state index contributed by atoms with van der Waals surface area (Å²) in [7, 11) is 0. The first-order valence-electron chi connectivity index (χ1n) is 17.5. The van der Waals surface area contributed by atoms with Crippen LogP contribution in [0.25, 0.3) is 0 Å². The van der Waals surface area contributed by atoms with Crippen molar-refractivity contribution in [2.24, 2.45) is 0 Å². The third-order valence-corrected chi connectivity index (χ3v) is 9.09. The number of rotatable bonds is 22. The van der Waals surface area contributed by atoms with Gasteiger partial charge in [0.25, 0.3) is 35.4 Å². The summed E-state index contributed by atoms with van der Waals surface area (Å²) in [5.74, 6) is -6.92. The molecule has 0 aliphatic carbocycles. The van der Waals surface area contributed by atoms with E-state index in [1.165, 1.54) is 11.0 Å². The van der Waals surface area contributed by atoms with Crippen LogP contribution < -0.4 is 10.6 Å². The summed E-state index contributed by atoms with van der Waals surface area (Å²) in [6.45, 7) is -0.465. The Balaban J connectivity index is 1.24. The predicted octanol–water partition coefficient (Wildman–Crippen LogP) is -2.91. The van der Waals surface area contributed by atoms with E-state index in [-0.39, 0.29) is 77.8 Å². The van der Waals surface area contributed by atoms with Crippen LogP contribution in [0.5, 0.6) is 0 Å². The summed E-state index contributed by atoms with van der Waals surface area (Å²) in [6.07, 6.45) is 6.48. The average molecular weight is 768 g/mol. The van der Waals surface area contributed by atoms with Crippen molar-refractivity contribution in [3.63, 3.8) is 0 Å². The van der Waals surface area contributed by atoms with Crippen LogP contribution in [-0.2, 0) is 52.7 Å². The highest BCUT2D eigenvalue weighted by molar-refractivity contribution is 6.15. The molecule has 0 aromatic heterocycles. The van der Waals surface area contributed by atoms with Gasteiger partial charge in [-0.05, 0) is 25.3 Å². The van der Waals surface area contributed by atoms with Gasteiger partial charge in [-0.1, -0.05) is 0 Å². The Morgan fingerprint density at radius 2 is 1.11 bits per heavy atom. The lowest BCUT2D eigenvalue weighted by atomic mass is 10.1. The quantitative estimate of drug-likeness (QED) is 0.0637. The molecule has 4 aliphatic rings. The van der Waals surface area contributed by atoms with Gasteiger partial charge in [-0.25, -0.2) is 0 Å². The second kappa shape index (κ2) is 19.1. The van der Waals surface area contributed by atoms with Gasteiger partial charge in [0.05, 0.1) is 25.0 Å². The van der Waals surface area contributed by atoms with E-state index >= 15 is 0 Å². The number of hydrogen-bond donors (Lipinski definition) is 4. The number of nitrogens with one attached hydrogen (secondary N) is 2. The summed E-state index contributed by atoms with van der Waals surface area (Å²) in [4.78, 5) is 140. The van der Waals surface area contributed by atoms with Crippen molar-refractivity contribution < 1.29 is 63.0 Å². The third kappa shape index (κ3) is 11.3. The Kier molecular flexibility index (Phi) is 14.4. The van der Waals surface area contributed by atoms with E-state index in [2.05, 4.69) is 10.6 Å². The molecule has 0 radical (unpaired) electrons. The van der Waals surface area contributed by atoms with E-state index in [1.807, 2.05) is 0 Å². The fourth-order valence-corrected chi connectivity index (χ4v) is 6.24. The first-order chi connectivity index (χ1) is 26.2. The molecule has 55 heavy (non-hydrogen) atoms. The summed E-state index contributed by atoms with van der Waals surface area (Å²) in [5.41, 5.74) is 0. The number of aliphatic carboxylic acids is 1. The molecule has 0 saturated heterocycles. The van der Waals surface area contributed by atoms with Crippen LogP contribution in [0.4, 0.5) is 0 Å². The highest BCUT2D eigenvalue weighted by Crippen LogP contribution is 2.20. The smallest absolute Gasteiger partial charge is 0.303 e. The molecule has 20 nitrogen and oxygen atoms in total. The zero-order chi connectivity index (χ0) is 40.2. The largest absolute Gasteiger partial charge is 0.481 e.